The maximum atomic E-state index is 14.4. The van der Waals surface area contributed by atoms with Gasteiger partial charge in [-0.25, -0.2) is 13.2 Å². The SMILES string of the molecule is CC.CNC(=O)c1c(C#CSI)cc(F)c(F)c1Nc1ccc(C)cc1F. The molecule has 3 nitrogen and oxygen atoms in total. The summed E-state index contributed by atoms with van der Waals surface area (Å²) in [4.78, 5) is 12.2. The van der Waals surface area contributed by atoms with Crippen molar-refractivity contribution in [1.82, 2.24) is 5.32 Å². The third kappa shape index (κ3) is 5.81. The lowest BCUT2D eigenvalue weighted by Gasteiger charge is -2.15. The summed E-state index contributed by atoms with van der Waals surface area (Å²) in [6, 6.07) is 5.08. The minimum Gasteiger partial charge on any atom is -0.355 e. The van der Waals surface area contributed by atoms with Crippen LogP contribution in [0.15, 0.2) is 24.3 Å². The molecule has 0 radical (unpaired) electrons. The minimum atomic E-state index is -1.29. The van der Waals surface area contributed by atoms with Crippen LogP contribution in [-0.4, -0.2) is 13.0 Å². The van der Waals surface area contributed by atoms with Crippen LogP contribution in [0, 0.1) is 35.5 Å². The molecule has 0 saturated carbocycles. The molecule has 2 rings (SSSR count). The van der Waals surface area contributed by atoms with E-state index in [1.165, 1.54) is 19.2 Å². The summed E-state index contributed by atoms with van der Waals surface area (Å²) in [5.41, 5.74) is -0.0797. The first-order valence-electron chi connectivity index (χ1n) is 7.94. The first-order valence-corrected chi connectivity index (χ1v) is 11.3. The van der Waals surface area contributed by atoms with E-state index in [9.17, 15) is 18.0 Å². The second-order valence-electron chi connectivity index (χ2n) is 4.96. The fraction of sp³-hybridized carbons (Fsp3) is 0.211. The second kappa shape index (κ2) is 11.1. The van der Waals surface area contributed by atoms with Gasteiger partial charge in [-0.3, -0.25) is 4.79 Å². The molecular formula is C19H18F3IN2OS. The number of halogens is 4. The van der Waals surface area contributed by atoms with Crippen molar-refractivity contribution in [3.8, 4) is 11.2 Å². The molecule has 0 aliphatic heterocycles. The van der Waals surface area contributed by atoms with E-state index < -0.39 is 29.0 Å². The van der Waals surface area contributed by atoms with Gasteiger partial charge in [-0.15, -0.1) is 0 Å². The Bertz CT molecular complexity index is 895. The van der Waals surface area contributed by atoms with Gasteiger partial charge >= 0.3 is 0 Å². The Kier molecular flexibility index (Phi) is 9.52. The lowest BCUT2D eigenvalue weighted by Crippen LogP contribution is -2.22. The van der Waals surface area contributed by atoms with E-state index in [4.69, 9.17) is 0 Å². The van der Waals surface area contributed by atoms with E-state index in [2.05, 4.69) is 21.8 Å². The number of nitrogens with one attached hydrogen (secondary N) is 2. The van der Waals surface area contributed by atoms with E-state index in [-0.39, 0.29) is 16.8 Å². The molecule has 0 spiro atoms. The van der Waals surface area contributed by atoms with Gasteiger partial charge in [0.05, 0.1) is 16.9 Å². The molecule has 27 heavy (non-hydrogen) atoms. The van der Waals surface area contributed by atoms with Crippen molar-refractivity contribution >= 4 is 47.4 Å². The molecule has 8 heteroatoms. The molecule has 0 heterocycles. The molecule has 2 aromatic rings. The van der Waals surface area contributed by atoms with Crippen LogP contribution in [0.2, 0.25) is 0 Å². The Morgan fingerprint density at radius 1 is 1.15 bits per heavy atom. The smallest absolute Gasteiger partial charge is 0.254 e. The predicted molar refractivity (Wildman–Crippen MR) is 114 cm³/mol. The van der Waals surface area contributed by atoms with E-state index in [0.29, 0.717) is 5.56 Å². The highest BCUT2D eigenvalue weighted by Crippen LogP contribution is 2.30. The van der Waals surface area contributed by atoms with Gasteiger partial charge in [0, 0.05) is 33.8 Å². The average molecular weight is 506 g/mol. The number of benzene rings is 2. The zero-order valence-corrected chi connectivity index (χ0v) is 18.1. The van der Waals surface area contributed by atoms with Gasteiger partial charge in [0.2, 0.25) is 0 Å². The van der Waals surface area contributed by atoms with Crippen LogP contribution in [0.25, 0.3) is 0 Å². The van der Waals surface area contributed by atoms with Gasteiger partial charge in [-0.1, -0.05) is 25.8 Å². The zero-order valence-electron chi connectivity index (χ0n) is 15.1. The molecule has 1 amide bonds. The van der Waals surface area contributed by atoms with Crippen molar-refractivity contribution in [2.75, 3.05) is 12.4 Å². The number of hydrogen-bond acceptors (Lipinski definition) is 3. The number of carbonyl (C=O) groups excluding carboxylic acids is 1. The van der Waals surface area contributed by atoms with E-state index in [1.807, 2.05) is 35.1 Å². The molecule has 0 aromatic heterocycles. The predicted octanol–water partition coefficient (Wildman–Crippen LogP) is 5.93. The summed E-state index contributed by atoms with van der Waals surface area (Å²) in [7, 11) is 2.48. The molecule has 0 saturated heterocycles. The Morgan fingerprint density at radius 2 is 1.81 bits per heavy atom. The van der Waals surface area contributed by atoms with Gasteiger partial charge in [0.25, 0.3) is 5.91 Å². The quantitative estimate of drug-likeness (QED) is 0.401. The first kappa shape index (κ1) is 23.2. The van der Waals surface area contributed by atoms with Gasteiger partial charge in [-0.2, -0.15) is 0 Å². The van der Waals surface area contributed by atoms with Crippen molar-refractivity contribution < 1.29 is 18.0 Å². The van der Waals surface area contributed by atoms with Crippen LogP contribution in [0.5, 0.6) is 0 Å². The minimum absolute atomic E-state index is 0.00237. The Hall–Kier alpha value is -1.86. The molecular weight excluding hydrogens is 488 g/mol. The number of rotatable bonds is 3. The number of aryl methyl sites for hydroxylation is 1. The number of hydrogen-bond donors (Lipinski definition) is 2. The van der Waals surface area contributed by atoms with Crippen LogP contribution < -0.4 is 10.6 Å². The third-order valence-electron chi connectivity index (χ3n) is 3.28. The lowest BCUT2D eigenvalue weighted by atomic mass is 10.0. The largest absolute Gasteiger partial charge is 0.355 e. The highest BCUT2D eigenvalue weighted by Gasteiger charge is 2.23. The summed E-state index contributed by atoms with van der Waals surface area (Å²) >= 11 is 1.91. The molecule has 0 atom stereocenters. The summed E-state index contributed by atoms with van der Waals surface area (Å²) in [6.07, 6.45) is 0. The maximum Gasteiger partial charge on any atom is 0.254 e. The van der Waals surface area contributed by atoms with Crippen molar-refractivity contribution in [1.29, 1.82) is 0 Å². The van der Waals surface area contributed by atoms with Crippen molar-refractivity contribution in [2.45, 2.75) is 20.8 Å². The normalized spacial score (nSPS) is 9.48. The van der Waals surface area contributed by atoms with Crippen LogP contribution >= 0.6 is 30.1 Å². The van der Waals surface area contributed by atoms with Crippen LogP contribution in [0.4, 0.5) is 24.5 Å². The van der Waals surface area contributed by atoms with Crippen LogP contribution in [0.3, 0.4) is 0 Å². The summed E-state index contributed by atoms with van der Waals surface area (Å²) in [5.74, 6) is -1.20. The molecule has 0 aliphatic rings. The Balaban J connectivity index is 0.00000176. The first-order chi connectivity index (χ1) is 12.9. The highest BCUT2D eigenvalue weighted by atomic mass is 127. The Morgan fingerprint density at radius 3 is 2.37 bits per heavy atom. The van der Waals surface area contributed by atoms with Gasteiger partial charge in [-0.05, 0) is 44.9 Å². The monoisotopic (exact) mass is 506 g/mol. The molecule has 2 aromatic carbocycles. The number of anilines is 2. The Labute approximate surface area is 173 Å². The standard InChI is InChI=1S/C17H12F3IN2OS.C2H6/c1-9-3-4-13(11(18)7-9)23-16-14(17(24)22-2)10(5-6-25-21)8-12(19)15(16)20;1-2/h3-4,7-8,23H,1-2H3,(H,22,24);1-2H3. The van der Waals surface area contributed by atoms with Crippen LogP contribution in [-0.2, 0) is 0 Å². The molecule has 0 aliphatic carbocycles. The average Bonchev–Trinajstić information content (AvgIpc) is 2.66. The van der Waals surface area contributed by atoms with Crippen molar-refractivity contribution in [3.63, 3.8) is 0 Å². The van der Waals surface area contributed by atoms with Gasteiger partial charge < -0.3 is 10.6 Å². The van der Waals surface area contributed by atoms with Crippen molar-refractivity contribution in [3.05, 3.63) is 58.4 Å². The molecule has 0 unspecified atom stereocenters. The molecule has 0 fully saturated rings. The number of carbonyl (C=O) groups is 1. The van der Waals surface area contributed by atoms with Gasteiger partial charge in [0.15, 0.2) is 11.6 Å². The topological polar surface area (TPSA) is 41.1 Å². The zero-order chi connectivity index (χ0) is 20.6. The fourth-order valence-electron chi connectivity index (χ4n) is 2.13. The lowest BCUT2D eigenvalue weighted by molar-refractivity contribution is 0.0963. The number of amides is 1. The second-order valence-corrected chi connectivity index (χ2v) is 6.64. The van der Waals surface area contributed by atoms with Crippen molar-refractivity contribution in [2.24, 2.45) is 0 Å². The maximum absolute atomic E-state index is 14.4. The molecule has 0 bridgehead atoms. The van der Waals surface area contributed by atoms with E-state index >= 15 is 0 Å². The summed E-state index contributed by atoms with van der Waals surface area (Å²) < 4.78 is 42.4. The fourth-order valence-corrected chi connectivity index (χ4v) is 2.61. The van der Waals surface area contributed by atoms with E-state index in [1.54, 1.807) is 13.0 Å². The summed E-state index contributed by atoms with van der Waals surface area (Å²) in [5, 5.41) is 7.46. The van der Waals surface area contributed by atoms with Gasteiger partial charge in [0.1, 0.15) is 5.82 Å². The van der Waals surface area contributed by atoms with Crippen LogP contribution in [0.1, 0.15) is 35.3 Å². The summed E-state index contributed by atoms with van der Waals surface area (Å²) in [6.45, 7) is 5.70. The third-order valence-corrected chi connectivity index (χ3v) is 4.12. The highest BCUT2D eigenvalue weighted by molar-refractivity contribution is 14.2. The molecule has 144 valence electrons. The van der Waals surface area contributed by atoms with E-state index in [0.717, 1.165) is 15.0 Å². The molecule has 2 N–H and O–H groups in total.